The second-order valence-corrected chi connectivity index (χ2v) is 3.02. The lowest BCUT2D eigenvalue weighted by Gasteiger charge is -1.87. The molecule has 0 fully saturated rings. The zero-order chi connectivity index (χ0) is 10.7. The van der Waals surface area contributed by atoms with Gasteiger partial charge in [-0.05, 0) is 6.07 Å². The van der Waals surface area contributed by atoms with Gasteiger partial charge in [-0.2, -0.15) is 5.10 Å². The summed E-state index contributed by atoms with van der Waals surface area (Å²) >= 11 is 0. The topological polar surface area (TPSA) is 76.2 Å². The minimum atomic E-state index is -0.170. The second-order valence-electron chi connectivity index (χ2n) is 3.02. The Balaban J connectivity index is 2.45. The molecule has 0 aliphatic carbocycles. The van der Waals surface area contributed by atoms with E-state index in [1.807, 2.05) is 0 Å². The van der Waals surface area contributed by atoms with Gasteiger partial charge in [0, 0.05) is 24.7 Å². The largest absolute Gasteiger partial charge is 0.330 e. The molecule has 15 heavy (non-hydrogen) atoms. The molecule has 0 unspecified atom stereocenters. The van der Waals surface area contributed by atoms with Crippen molar-refractivity contribution in [3.63, 3.8) is 0 Å². The van der Waals surface area contributed by atoms with Crippen LogP contribution in [0.15, 0.2) is 23.4 Å². The van der Waals surface area contributed by atoms with Crippen molar-refractivity contribution >= 4 is 5.52 Å². The van der Waals surface area contributed by atoms with Crippen molar-refractivity contribution in [2.75, 3.05) is 6.54 Å². The third kappa shape index (κ3) is 1.90. The number of fused-ring (bicyclic) bond motifs is 1. The molecule has 2 aromatic rings. The quantitative estimate of drug-likeness (QED) is 0.624. The Bertz CT molecular complexity index is 584. The fourth-order valence-electron chi connectivity index (χ4n) is 1.25. The summed E-state index contributed by atoms with van der Waals surface area (Å²) in [5.41, 5.74) is 6.41. The van der Waals surface area contributed by atoms with Crippen molar-refractivity contribution in [3.05, 3.63) is 34.5 Å². The van der Waals surface area contributed by atoms with Crippen LogP contribution in [-0.4, -0.2) is 21.1 Å². The standard InChI is InChI=1S/C10H10N4O/c11-4-2-1-3-8-5-9-10(15)12-7-13-14(9)6-8/h5-7H,2,4,11H2,(H,12,13,15). The van der Waals surface area contributed by atoms with Gasteiger partial charge in [0.2, 0.25) is 0 Å². The van der Waals surface area contributed by atoms with Crippen LogP contribution in [0.5, 0.6) is 0 Å². The smallest absolute Gasteiger partial charge is 0.275 e. The molecule has 0 aromatic carbocycles. The van der Waals surface area contributed by atoms with Crippen LogP contribution < -0.4 is 11.3 Å². The van der Waals surface area contributed by atoms with Crippen LogP contribution in [-0.2, 0) is 0 Å². The molecule has 5 nitrogen and oxygen atoms in total. The van der Waals surface area contributed by atoms with Gasteiger partial charge in [-0.3, -0.25) is 4.79 Å². The molecule has 0 saturated carbocycles. The number of nitrogens with one attached hydrogen (secondary N) is 1. The molecule has 2 rings (SSSR count). The fraction of sp³-hybridized carbons (Fsp3) is 0.200. The Labute approximate surface area is 85.9 Å². The highest BCUT2D eigenvalue weighted by Gasteiger charge is 2.00. The van der Waals surface area contributed by atoms with E-state index in [-0.39, 0.29) is 5.56 Å². The average Bonchev–Trinajstić information content (AvgIpc) is 2.63. The molecule has 2 aromatic heterocycles. The third-order valence-electron chi connectivity index (χ3n) is 1.91. The number of H-pyrrole nitrogens is 1. The maximum absolute atomic E-state index is 11.3. The minimum Gasteiger partial charge on any atom is -0.330 e. The van der Waals surface area contributed by atoms with E-state index in [0.717, 1.165) is 5.56 Å². The van der Waals surface area contributed by atoms with Crippen molar-refractivity contribution in [1.29, 1.82) is 0 Å². The lowest BCUT2D eigenvalue weighted by atomic mass is 10.3. The predicted molar refractivity (Wildman–Crippen MR) is 56.4 cm³/mol. The van der Waals surface area contributed by atoms with Crippen LogP contribution >= 0.6 is 0 Å². The van der Waals surface area contributed by atoms with Gasteiger partial charge >= 0.3 is 0 Å². The summed E-state index contributed by atoms with van der Waals surface area (Å²) in [7, 11) is 0. The number of hydrogen-bond donors (Lipinski definition) is 2. The Morgan fingerprint density at radius 1 is 1.60 bits per heavy atom. The normalized spacial score (nSPS) is 9.93. The van der Waals surface area contributed by atoms with E-state index >= 15 is 0 Å². The first-order chi connectivity index (χ1) is 7.31. The Hall–Kier alpha value is -2.06. The summed E-state index contributed by atoms with van der Waals surface area (Å²) in [5, 5.41) is 3.96. The number of nitrogens with zero attached hydrogens (tertiary/aromatic N) is 2. The van der Waals surface area contributed by atoms with Crippen LogP contribution in [0.25, 0.3) is 5.52 Å². The molecule has 5 heteroatoms. The Kier molecular flexibility index (Phi) is 2.52. The van der Waals surface area contributed by atoms with Crippen molar-refractivity contribution < 1.29 is 0 Å². The molecule has 0 radical (unpaired) electrons. The maximum Gasteiger partial charge on any atom is 0.275 e. The summed E-state index contributed by atoms with van der Waals surface area (Å²) < 4.78 is 1.51. The first kappa shape index (κ1) is 9.49. The summed E-state index contributed by atoms with van der Waals surface area (Å²) in [6.07, 6.45) is 3.72. The average molecular weight is 202 g/mol. The predicted octanol–water partition coefficient (Wildman–Crippen LogP) is -0.277. The SMILES string of the molecule is NCCC#Cc1cc2c(=O)[nH]cnn2c1. The van der Waals surface area contributed by atoms with E-state index < -0.39 is 0 Å². The number of aromatic amines is 1. The summed E-state index contributed by atoms with van der Waals surface area (Å²) in [4.78, 5) is 13.8. The zero-order valence-electron chi connectivity index (χ0n) is 8.03. The van der Waals surface area contributed by atoms with Crippen molar-refractivity contribution in [3.8, 4) is 11.8 Å². The summed E-state index contributed by atoms with van der Waals surface area (Å²) in [5.74, 6) is 5.82. The molecule has 76 valence electrons. The van der Waals surface area contributed by atoms with Crippen molar-refractivity contribution in [1.82, 2.24) is 14.6 Å². The zero-order valence-corrected chi connectivity index (χ0v) is 8.03. The molecule has 0 saturated heterocycles. The monoisotopic (exact) mass is 202 g/mol. The molecule has 0 aliphatic rings. The van der Waals surface area contributed by atoms with Crippen LogP contribution in [0.4, 0.5) is 0 Å². The lowest BCUT2D eigenvalue weighted by molar-refractivity contribution is 0.888. The van der Waals surface area contributed by atoms with Gasteiger partial charge in [-0.25, -0.2) is 4.52 Å². The molecule has 0 spiro atoms. The lowest BCUT2D eigenvalue weighted by Crippen LogP contribution is -2.09. The molecule has 0 amide bonds. The van der Waals surface area contributed by atoms with E-state index in [1.54, 1.807) is 12.3 Å². The van der Waals surface area contributed by atoms with Gasteiger partial charge in [0.15, 0.2) is 0 Å². The van der Waals surface area contributed by atoms with Gasteiger partial charge in [-0.15, -0.1) is 0 Å². The molecular weight excluding hydrogens is 192 g/mol. The molecule has 0 aliphatic heterocycles. The maximum atomic E-state index is 11.3. The fourth-order valence-corrected chi connectivity index (χ4v) is 1.25. The second kappa shape index (κ2) is 3.98. The molecular formula is C10H10N4O. The Morgan fingerprint density at radius 2 is 2.47 bits per heavy atom. The number of nitrogens with two attached hydrogens (primary N) is 1. The molecule has 0 atom stereocenters. The first-order valence-corrected chi connectivity index (χ1v) is 4.56. The Morgan fingerprint density at radius 3 is 3.20 bits per heavy atom. The van der Waals surface area contributed by atoms with Crippen LogP contribution in [0.1, 0.15) is 12.0 Å². The van der Waals surface area contributed by atoms with Crippen LogP contribution in [0.2, 0.25) is 0 Å². The van der Waals surface area contributed by atoms with E-state index in [0.29, 0.717) is 18.5 Å². The van der Waals surface area contributed by atoms with Gasteiger partial charge in [-0.1, -0.05) is 11.8 Å². The van der Waals surface area contributed by atoms with E-state index in [2.05, 4.69) is 21.9 Å². The highest BCUT2D eigenvalue weighted by molar-refractivity contribution is 5.51. The van der Waals surface area contributed by atoms with Gasteiger partial charge in [0.05, 0.1) is 0 Å². The number of hydrogen-bond acceptors (Lipinski definition) is 3. The highest BCUT2D eigenvalue weighted by atomic mass is 16.1. The van der Waals surface area contributed by atoms with E-state index in [1.165, 1.54) is 10.8 Å². The van der Waals surface area contributed by atoms with Crippen LogP contribution in [0.3, 0.4) is 0 Å². The van der Waals surface area contributed by atoms with E-state index in [9.17, 15) is 4.79 Å². The molecule has 3 N–H and O–H groups in total. The van der Waals surface area contributed by atoms with Gasteiger partial charge in [0.1, 0.15) is 11.8 Å². The minimum absolute atomic E-state index is 0.170. The highest BCUT2D eigenvalue weighted by Crippen LogP contribution is 2.01. The third-order valence-corrected chi connectivity index (χ3v) is 1.91. The number of aromatic nitrogens is 3. The van der Waals surface area contributed by atoms with Gasteiger partial charge in [0.25, 0.3) is 5.56 Å². The van der Waals surface area contributed by atoms with Crippen molar-refractivity contribution in [2.24, 2.45) is 5.73 Å². The van der Waals surface area contributed by atoms with Crippen molar-refractivity contribution in [2.45, 2.75) is 6.42 Å². The molecule has 2 heterocycles. The summed E-state index contributed by atoms with van der Waals surface area (Å²) in [6.45, 7) is 0.541. The summed E-state index contributed by atoms with van der Waals surface area (Å²) in [6, 6.07) is 1.70. The van der Waals surface area contributed by atoms with E-state index in [4.69, 9.17) is 5.73 Å². The van der Waals surface area contributed by atoms with Gasteiger partial charge < -0.3 is 10.7 Å². The first-order valence-electron chi connectivity index (χ1n) is 4.56. The number of rotatable bonds is 1. The molecule has 0 bridgehead atoms. The van der Waals surface area contributed by atoms with Crippen LogP contribution in [0, 0.1) is 11.8 Å².